The molecule has 0 fully saturated rings. The van der Waals surface area contributed by atoms with E-state index in [2.05, 4.69) is 0 Å². The summed E-state index contributed by atoms with van der Waals surface area (Å²) in [7, 11) is 0. The van der Waals surface area contributed by atoms with E-state index >= 15 is 0 Å². The van der Waals surface area contributed by atoms with Crippen molar-refractivity contribution in [3.63, 3.8) is 0 Å². The SMILES string of the molecule is O=[N+]([O-])[O-].[15NH4+]. The van der Waals surface area contributed by atoms with Crippen LogP contribution in [0.3, 0.4) is 0 Å². The van der Waals surface area contributed by atoms with Gasteiger partial charge < -0.3 is 21.5 Å². The number of hydrogen-bond donors (Lipinski definition) is 1. The van der Waals surface area contributed by atoms with Crippen LogP contribution in [0.5, 0.6) is 0 Å². The highest BCUT2D eigenvalue weighted by Crippen LogP contribution is 1.44. The fraction of sp³-hybridized carbons (Fsp3) is 0. The van der Waals surface area contributed by atoms with Gasteiger partial charge in [-0.25, -0.2) is 0 Å². The van der Waals surface area contributed by atoms with Crippen LogP contribution in [0.2, 0.25) is 0 Å². The summed E-state index contributed by atoms with van der Waals surface area (Å²) < 4.78 is 0. The summed E-state index contributed by atoms with van der Waals surface area (Å²) in [4.78, 5) is 8.25. The lowest BCUT2D eigenvalue weighted by Gasteiger charge is -1.74. The lowest BCUT2D eigenvalue weighted by Crippen LogP contribution is -1.74. The summed E-state index contributed by atoms with van der Waals surface area (Å²) in [5.74, 6) is 0. The Morgan fingerprint density at radius 2 is 1.40 bits per heavy atom. The summed E-state index contributed by atoms with van der Waals surface area (Å²) in [6.45, 7) is 0. The lowest BCUT2D eigenvalue weighted by atomic mass is 13.1. The molecular formula is H4N2O3. The Balaban J connectivity index is 0. The molecule has 0 aliphatic rings. The zero-order chi connectivity index (χ0) is 3.58. The lowest BCUT2D eigenvalue weighted by molar-refractivity contribution is -0.402. The van der Waals surface area contributed by atoms with E-state index in [0.717, 1.165) is 0 Å². The van der Waals surface area contributed by atoms with Gasteiger partial charge in [0.25, 0.3) is 0 Å². The van der Waals surface area contributed by atoms with Crippen LogP contribution in [0.4, 0.5) is 0 Å². The Bertz CT molecular complexity index is 27.9. The number of rotatable bonds is 0. The Labute approximate surface area is 27.9 Å². The van der Waals surface area contributed by atoms with Crippen LogP contribution in [-0.2, 0) is 0 Å². The van der Waals surface area contributed by atoms with Gasteiger partial charge in [0.15, 0.2) is 0 Å². The van der Waals surface area contributed by atoms with Gasteiger partial charge >= 0.3 is 0 Å². The molecule has 0 saturated carbocycles. The second-order valence-corrected chi connectivity index (χ2v) is 0.224. The van der Waals surface area contributed by atoms with Crippen molar-refractivity contribution in [2.75, 3.05) is 0 Å². The second kappa shape index (κ2) is 3.16. The number of hydrogen-bond acceptors (Lipinski definition) is 3. The molecule has 0 aromatic carbocycles. The van der Waals surface area contributed by atoms with E-state index in [1.165, 1.54) is 0 Å². The van der Waals surface area contributed by atoms with E-state index < -0.39 is 5.09 Å². The van der Waals surface area contributed by atoms with E-state index in [-0.39, 0.29) is 6.15 Å². The Morgan fingerprint density at radius 3 is 1.40 bits per heavy atom. The van der Waals surface area contributed by atoms with Gasteiger partial charge in [-0.2, -0.15) is 0 Å². The minimum atomic E-state index is -1.75. The highest BCUT2D eigenvalue weighted by molar-refractivity contribution is 4.03. The van der Waals surface area contributed by atoms with Crippen molar-refractivity contribution in [1.29, 1.82) is 0 Å². The van der Waals surface area contributed by atoms with Crippen LogP contribution in [0.25, 0.3) is 0 Å². The molecule has 0 aliphatic carbocycles. The second-order valence-electron chi connectivity index (χ2n) is 0.224. The smallest absolute Gasteiger partial charge is 0.0689 e. The van der Waals surface area contributed by atoms with Gasteiger partial charge in [0.1, 0.15) is 0 Å². The van der Waals surface area contributed by atoms with Crippen molar-refractivity contribution in [3.05, 3.63) is 15.3 Å². The predicted octanol–water partition coefficient (Wildman–Crippen LogP) is 0.137. The Kier molecular flexibility index (Phi) is 5.63. The molecule has 0 heterocycles. The van der Waals surface area contributed by atoms with Crippen molar-refractivity contribution >= 4 is 0 Å². The summed E-state index contributed by atoms with van der Waals surface area (Å²) >= 11 is 0. The zero-order valence-corrected chi connectivity index (χ0v) is 2.67. The van der Waals surface area contributed by atoms with E-state index in [1.54, 1.807) is 0 Å². The molecule has 0 bridgehead atoms. The molecule has 5 heteroatoms. The molecule has 4 N–H and O–H groups in total. The first kappa shape index (κ1) is 8.90. The van der Waals surface area contributed by atoms with Crippen molar-refractivity contribution in [2.45, 2.75) is 0 Å². The third kappa shape index (κ3) is 6.03. The monoisotopic (exact) mass is 81.0 g/mol. The third-order valence-corrected chi connectivity index (χ3v) is 0. The van der Waals surface area contributed by atoms with Gasteiger partial charge in [-0.15, -0.1) is 0 Å². The molecule has 0 radical (unpaired) electrons. The van der Waals surface area contributed by atoms with Gasteiger partial charge in [0.05, 0.1) is 5.09 Å². The maximum Gasteiger partial charge on any atom is 0.0689 e. The molecule has 0 aliphatic heterocycles. The standard InChI is InChI=1S/NO3.H3N/c2-1(3)4;/h;1H3/q-1;/p+1/i;1+1. The maximum atomic E-state index is 8.25. The first-order chi connectivity index (χ1) is 1.73. The Hall–Kier alpha value is -0.840. The molecule has 0 saturated heterocycles. The van der Waals surface area contributed by atoms with Gasteiger partial charge in [-0.05, 0) is 0 Å². The highest BCUT2D eigenvalue weighted by atomic mass is 16.9. The average Bonchev–Trinajstić information content (AvgIpc) is 0.811. The topological polar surface area (TPSA) is 103 Å². The van der Waals surface area contributed by atoms with E-state index in [4.69, 9.17) is 15.3 Å². The van der Waals surface area contributed by atoms with Gasteiger partial charge in [-0.3, -0.25) is 0 Å². The minimum Gasteiger partial charge on any atom is -0.369 e. The van der Waals surface area contributed by atoms with E-state index in [1.807, 2.05) is 0 Å². The highest BCUT2D eigenvalue weighted by Gasteiger charge is 1.45. The summed E-state index contributed by atoms with van der Waals surface area (Å²) in [5, 5.41) is 14.8. The van der Waals surface area contributed by atoms with E-state index in [0.29, 0.717) is 0 Å². The largest absolute Gasteiger partial charge is 0.369 e. The van der Waals surface area contributed by atoms with E-state index in [9.17, 15) is 0 Å². The molecule has 5 heavy (non-hydrogen) atoms. The van der Waals surface area contributed by atoms with Crippen molar-refractivity contribution in [2.24, 2.45) is 0 Å². The minimum absolute atomic E-state index is 0. The normalized spacial score (nSPS) is 4.80. The van der Waals surface area contributed by atoms with Crippen LogP contribution >= 0.6 is 0 Å². The molecule has 0 atom stereocenters. The van der Waals surface area contributed by atoms with Gasteiger partial charge in [-0.1, -0.05) is 0 Å². The molecule has 0 spiro atoms. The first-order valence-electron chi connectivity index (χ1n) is 0.548. The molecule has 0 unspecified atom stereocenters. The summed E-state index contributed by atoms with van der Waals surface area (Å²) in [6.07, 6.45) is 0. The number of nitrogens with zero attached hydrogens (tertiary/aromatic N) is 1. The molecule has 0 amide bonds. The molecule has 0 rings (SSSR count). The molecular weight excluding hydrogens is 77.0 g/mol. The zero-order valence-electron chi connectivity index (χ0n) is 2.67. The van der Waals surface area contributed by atoms with Crippen LogP contribution in [0.15, 0.2) is 0 Å². The third-order valence-electron chi connectivity index (χ3n) is 0. The average molecular weight is 81.0 g/mol. The van der Waals surface area contributed by atoms with Crippen molar-refractivity contribution in [1.82, 2.24) is 6.15 Å². The van der Waals surface area contributed by atoms with Gasteiger partial charge in [0.2, 0.25) is 0 Å². The van der Waals surface area contributed by atoms with Gasteiger partial charge in [0, 0.05) is 0 Å². The predicted molar refractivity (Wildman–Crippen MR) is 16.3 cm³/mol. The molecule has 0 aromatic rings. The van der Waals surface area contributed by atoms with Crippen LogP contribution in [0, 0.1) is 15.3 Å². The fourth-order valence-corrected chi connectivity index (χ4v) is 0. The summed E-state index contributed by atoms with van der Waals surface area (Å²) in [6, 6.07) is 0. The quantitative estimate of drug-likeness (QED) is 0.254. The molecule has 32 valence electrons. The van der Waals surface area contributed by atoms with Crippen molar-refractivity contribution < 1.29 is 5.09 Å². The molecule has 5 nitrogen and oxygen atoms in total. The molecule has 0 aromatic heterocycles. The summed E-state index contributed by atoms with van der Waals surface area (Å²) in [5.41, 5.74) is 0. The maximum absolute atomic E-state index is 8.25. The number of quaternary nitrogens is 1. The first-order valence-corrected chi connectivity index (χ1v) is 0.548. The fourth-order valence-electron chi connectivity index (χ4n) is 0. The van der Waals surface area contributed by atoms with Crippen LogP contribution in [-0.4, -0.2) is 5.09 Å². The van der Waals surface area contributed by atoms with Crippen molar-refractivity contribution in [3.8, 4) is 0 Å². The van der Waals surface area contributed by atoms with Crippen LogP contribution in [0.1, 0.15) is 0 Å². The Morgan fingerprint density at radius 1 is 1.40 bits per heavy atom. The van der Waals surface area contributed by atoms with Crippen LogP contribution < -0.4 is 6.15 Å².